The Bertz CT molecular complexity index is 1500. The normalized spacial score (nSPS) is 11.6. The first kappa shape index (κ1) is 25.0. The number of aromatic nitrogens is 2. The van der Waals surface area contributed by atoms with Gasteiger partial charge in [-0.25, -0.2) is 14.2 Å². The fourth-order valence-corrected chi connectivity index (χ4v) is 3.58. The predicted octanol–water partition coefficient (Wildman–Crippen LogP) is 5.29. The molecule has 0 aliphatic heterocycles. The number of carbonyl (C=O) groups is 2. The van der Waals surface area contributed by atoms with Gasteiger partial charge in [0.15, 0.2) is 11.4 Å². The number of benzene rings is 4. The Morgan fingerprint density at radius 1 is 0.487 bits per heavy atom. The van der Waals surface area contributed by atoms with E-state index in [0.29, 0.717) is 22.3 Å². The van der Waals surface area contributed by atoms with E-state index in [9.17, 15) is 9.59 Å². The van der Waals surface area contributed by atoms with Crippen molar-refractivity contribution in [2.24, 2.45) is 10.3 Å². The van der Waals surface area contributed by atoms with Crippen molar-refractivity contribution in [1.82, 2.24) is 10.3 Å². The van der Waals surface area contributed by atoms with Crippen LogP contribution in [0.1, 0.15) is 43.2 Å². The summed E-state index contributed by atoms with van der Waals surface area (Å²) in [6, 6.07) is 34.8. The van der Waals surface area contributed by atoms with Crippen molar-refractivity contribution in [3.8, 4) is 0 Å². The lowest BCUT2D eigenvalue weighted by molar-refractivity contribution is 0.0507. The van der Waals surface area contributed by atoms with E-state index in [1.165, 1.54) is 0 Å². The first-order chi connectivity index (χ1) is 19.2. The Kier molecular flexibility index (Phi) is 7.70. The number of hydrogen-bond donors (Lipinski definition) is 0. The Balaban J connectivity index is 1.56. The third-order valence-electron chi connectivity index (χ3n) is 5.49. The van der Waals surface area contributed by atoms with E-state index in [0.717, 1.165) is 0 Å². The van der Waals surface area contributed by atoms with E-state index in [-0.39, 0.29) is 22.8 Å². The zero-order valence-electron chi connectivity index (χ0n) is 20.4. The molecule has 4 aromatic carbocycles. The molecule has 1 heterocycles. The number of carbonyl (C=O) groups excluding carboxylic acids is 2. The molecule has 0 N–H and O–H groups in total. The number of oxime groups is 2. The van der Waals surface area contributed by atoms with E-state index in [1.807, 2.05) is 12.1 Å². The molecule has 0 fully saturated rings. The molecule has 0 spiro atoms. The monoisotopic (exact) mass is 516 g/mol. The molecule has 0 aliphatic carbocycles. The van der Waals surface area contributed by atoms with Gasteiger partial charge in [0.05, 0.1) is 11.1 Å². The summed E-state index contributed by atoms with van der Waals surface area (Å²) in [7, 11) is 0. The summed E-state index contributed by atoms with van der Waals surface area (Å²) in [6.45, 7) is 0. The minimum atomic E-state index is -0.657. The molecule has 9 heteroatoms. The van der Waals surface area contributed by atoms with Crippen LogP contribution in [-0.4, -0.2) is 33.7 Å². The van der Waals surface area contributed by atoms with Gasteiger partial charge in [0.2, 0.25) is 0 Å². The highest BCUT2D eigenvalue weighted by molar-refractivity contribution is 6.21. The maximum absolute atomic E-state index is 12.6. The van der Waals surface area contributed by atoms with E-state index < -0.39 is 11.9 Å². The first-order valence-electron chi connectivity index (χ1n) is 11.8. The Labute approximate surface area is 223 Å². The highest BCUT2D eigenvalue weighted by Gasteiger charge is 2.26. The Hall–Kier alpha value is -5.70. The van der Waals surface area contributed by atoms with Gasteiger partial charge in [-0.05, 0) is 34.6 Å². The van der Waals surface area contributed by atoms with Gasteiger partial charge in [-0.3, -0.25) is 0 Å². The van der Waals surface area contributed by atoms with Crippen LogP contribution in [0.15, 0.2) is 136 Å². The van der Waals surface area contributed by atoms with Gasteiger partial charge in [0, 0.05) is 11.1 Å². The molecular formula is C30H20N4O5. The smallest absolute Gasteiger partial charge is 0.312 e. The second-order valence-corrected chi connectivity index (χ2v) is 8.06. The fourth-order valence-electron chi connectivity index (χ4n) is 3.58. The van der Waals surface area contributed by atoms with Crippen LogP contribution < -0.4 is 0 Å². The quantitative estimate of drug-likeness (QED) is 0.156. The van der Waals surface area contributed by atoms with E-state index in [4.69, 9.17) is 14.3 Å². The molecule has 0 saturated heterocycles. The van der Waals surface area contributed by atoms with Crippen LogP contribution in [0.3, 0.4) is 0 Å². The largest absolute Gasteiger partial charge is 0.365 e. The number of rotatable bonds is 8. The predicted molar refractivity (Wildman–Crippen MR) is 142 cm³/mol. The van der Waals surface area contributed by atoms with Crippen LogP contribution in [-0.2, 0) is 9.68 Å². The average Bonchev–Trinajstić information content (AvgIpc) is 3.48. The third-order valence-corrected chi connectivity index (χ3v) is 5.49. The van der Waals surface area contributed by atoms with Crippen LogP contribution in [0.5, 0.6) is 0 Å². The minimum Gasteiger partial charge on any atom is -0.312 e. The molecule has 190 valence electrons. The van der Waals surface area contributed by atoms with Gasteiger partial charge < -0.3 is 9.68 Å². The number of nitrogens with zero attached hydrogens (tertiary/aromatic N) is 4. The molecule has 9 nitrogen and oxygen atoms in total. The zero-order chi connectivity index (χ0) is 26.9. The van der Waals surface area contributed by atoms with Crippen LogP contribution in [0.4, 0.5) is 0 Å². The van der Waals surface area contributed by atoms with E-state index >= 15 is 0 Å². The van der Waals surface area contributed by atoms with Crippen molar-refractivity contribution in [2.45, 2.75) is 0 Å². The molecule has 0 amide bonds. The van der Waals surface area contributed by atoms with Crippen molar-refractivity contribution in [3.05, 3.63) is 155 Å². The van der Waals surface area contributed by atoms with Crippen LogP contribution in [0, 0.1) is 0 Å². The molecule has 0 saturated carbocycles. The first-order valence-corrected chi connectivity index (χ1v) is 11.8. The van der Waals surface area contributed by atoms with Gasteiger partial charge in [0.25, 0.3) is 0 Å². The van der Waals surface area contributed by atoms with Crippen molar-refractivity contribution >= 4 is 23.4 Å². The Morgan fingerprint density at radius 3 is 1.13 bits per heavy atom. The average molecular weight is 517 g/mol. The lowest BCUT2D eigenvalue weighted by atomic mass is 10.0. The summed E-state index contributed by atoms with van der Waals surface area (Å²) in [6.07, 6.45) is 0. The molecule has 5 rings (SSSR count). The van der Waals surface area contributed by atoms with Crippen LogP contribution >= 0.6 is 0 Å². The standard InChI is InChI=1S/C30H20N4O5/c35-29(23-17-9-3-10-18-23)37-31-25(21-13-5-1-6-14-21)27-28(34-39-33-27)26(22-15-7-2-8-16-22)32-38-30(36)24-19-11-4-12-20-24/h1-20H/b31-25+,32-26+. The molecular weight excluding hydrogens is 496 g/mol. The number of hydrogen-bond acceptors (Lipinski definition) is 9. The molecule has 0 bridgehead atoms. The molecule has 1 aromatic heterocycles. The van der Waals surface area contributed by atoms with E-state index in [2.05, 4.69) is 20.6 Å². The second kappa shape index (κ2) is 12.0. The lowest BCUT2D eigenvalue weighted by Crippen LogP contribution is -2.15. The van der Waals surface area contributed by atoms with Crippen molar-refractivity contribution in [2.75, 3.05) is 0 Å². The highest BCUT2D eigenvalue weighted by Crippen LogP contribution is 2.18. The summed E-state index contributed by atoms with van der Waals surface area (Å²) >= 11 is 0. The molecule has 0 radical (unpaired) electrons. The van der Waals surface area contributed by atoms with Gasteiger partial charge in [0.1, 0.15) is 11.4 Å². The van der Waals surface area contributed by atoms with Crippen molar-refractivity contribution < 1.29 is 23.9 Å². The molecule has 0 atom stereocenters. The molecule has 0 unspecified atom stereocenters. The summed E-state index contributed by atoms with van der Waals surface area (Å²) in [5.41, 5.74) is 2.37. The summed E-state index contributed by atoms with van der Waals surface area (Å²) in [4.78, 5) is 35.8. The topological polar surface area (TPSA) is 116 Å². The van der Waals surface area contributed by atoms with Gasteiger partial charge in [-0.15, -0.1) is 0 Å². The third kappa shape index (κ3) is 6.00. The summed E-state index contributed by atoms with van der Waals surface area (Å²) < 4.78 is 5.09. The summed E-state index contributed by atoms with van der Waals surface area (Å²) in [5, 5.41) is 16.4. The molecule has 5 aromatic rings. The molecule has 39 heavy (non-hydrogen) atoms. The second-order valence-electron chi connectivity index (χ2n) is 8.06. The van der Waals surface area contributed by atoms with E-state index in [1.54, 1.807) is 109 Å². The van der Waals surface area contributed by atoms with Crippen molar-refractivity contribution in [1.29, 1.82) is 0 Å². The molecule has 0 aliphatic rings. The van der Waals surface area contributed by atoms with Crippen LogP contribution in [0.2, 0.25) is 0 Å². The fraction of sp³-hybridized carbons (Fsp3) is 0. The maximum Gasteiger partial charge on any atom is 0.365 e. The summed E-state index contributed by atoms with van der Waals surface area (Å²) in [5.74, 6) is -1.31. The van der Waals surface area contributed by atoms with Gasteiger partial charge >= 0.3 is 11.9 Å². The SMILES string of the molecule is O=C(O/N=C(\c1ccccc1)c1nonc1/C(=N/OC(=O)c1ccccc1)c1ccccc1)c1ccccc1. The van der Waals surface area contributed by atoms with Crippen LogP contribution in [0.25, 0.3) is 0 Å². The van der Waals surface area contributed by atoms with Gasteiger partial charge in [-0.2, -0.15) is 0 Å². The highest BCUT2D eigenvalue weighted by atomic mass is 16.7. The van der Waals surface area contributed by atoms with Crippen molar-refractivity contribution in [3.63, 3.8) is 0 Å². The van der Waals surface area contributed by atoms with Gasteiger partial charge in [-0.1, -0.05) is 107 Å². The lowest BCUT2D eigenvalue weighted by Gasteiger charge is -2.07. The Morgan fingerprint density at radius 2 is 0.795 bits per heavy atom. The maximum atomic E-state index is 12.6. The minimum absolute atomic E-state index is 0.125. The zero-order valence-corrected chi connectivity index (χ0v) is 20.4.